The number of fused-ring (bicyclic) bond motifs is 1. The fourth-order valence-electron chi connectivity index (χ4n) is 2.31. The minimum absolute atomic E-state index is 0.121. The molecule has 1 aromatic heterocycles. The van der Waals surface area contributed by atoms with Gasteiger partial charge >= 0.3 is 6.03 Å². The summed E-state index contributed by atoms with van der Waals surface area (Å²) in [6, 6.07) is 8.27. The zero-order valence-electron chi connectivity index (χ0n) is 9.34. The zero-order chi connectivity index (χ0) is 11.7. The predicted molar refractivity (Wildman–Crippen MR) is 63.7 cm³/mol. The second-order valence-corrected chi connectivity index (χ2v) is 4.21. The molecule has 1 aliphatic carbocycles. The minimum Gasteiger partial charge on any atom is -0.331 e. The van der Waals surface area contributed by atoms with Crippen LogP contribution >= 0.6 is 0 Å². The smallest absolute Gasteiger partial charge is 0.327 e. The molecular weight excluding hydrogens is 214 g/mol. The number of aromatic nitrogens is 2. The lowest BCUT2D eigenvalue weighted by Crippen LogP contribution is -2.30. The van der Waals surface area contributed by atoms with Gasteiger partial charge in [-0.05, 0) is 24.0 Å². The maximum absolute atomic E-state index is 11.9. The van der Waals surface area contributed by atoms with E-state index in [0.29, 0.717) is 0 Å². The van der Waals surface area contributed by atoms with Crippen LogP contribution in [0.5, 0.6) is 0 Å². The van der Waals surface area contributed by atoms with Gasteiger partial charge in [-0.3, -0.25) is 4.57 Å². The molecule has 17 heavy (non-hydrogen) atoms. The molecule has 0 spiro atoms. The van der Waals surface area contributed by atoms with Crippen molar-refractivity contribution in [2.24, 2.45) is 0 Å². The van der Waals surface area contributed by atoms with Crippen LogP contribution in [0.15, 0.2) is 43.0 Å². The van der Waals surface area contributed by atoms with Crippen LogP contribution in [0.1, 0.15) is 23.6 Å². The summed E-state index contributed by atoms with van der Waals surface area (Å²) >= 11 is 0. The van der Waals surface area contributed by atoms with Crippen LogP contribution < -0.4 is 5.32 Å². The molecule has 4 nitrogen and oxygen atoms in total. The molecule has 4 heteroatoms. The number of hydrogen-bond acceptors (Lipinski definition) is 2. The lowest BCUT2D eigenvalue weighted by molar-refractivity contribution is 0.238. The van der Waals surface area contributed by atoms with Crippen molar-refractivity contribution in [1.29, 1.82) is 0 Å². The number of benzene rings is 1. The molecule has 0 bridgehead atoms. The first-order valence-corrected chi connectivity index (χ1v) is 5.71. The first-order chi connectivity index (χ1) is 8.34. The van der Waals surface area contributed by atoms with Gasteiger partial charge in [0.05, 0.1) is 6.04 Å². The Kier molecular flexibility index (Phi) is 2.40. The zero-order valence-corrected chi connectivity index (χ0v) is 9.34. The van der Waals surface area contributed by atoms with Crippen LogP contribution in [0.4, 0.5) is 4.79 Å². The van der Waals surface area contributed by atoms with Crippen molar-refractivity contribution >= 4 is 6.03 Å². The summed E-state index contributed by atoms with van der Waals surface area (Å²) in [5, 5.41) is 3.02. The molecule has 1 aliphatic rings. The summed E-state index contributed by atoms with van der Waals surface area (Å²) < 4.78 is 1.46. The van der Waals surface area contributed by atoms with E-state index in [2.05, 4.69) is 22.4 Å². The summed E-state index contributed by atoms with van der Waals surface area (Å²) in [6.07, 6.45) is 6.76. The Morgan fingerprint density at radius 2 is 2.29 bits per heavy atom. The van der Waals surface area contributed by atoms with Crippen molar-refractivity contribution in [3.63, 3.8) is 0 Å². The van der Waals surface area contributed by atoms with Gasteiger partial charge in [0.15, 0.2) is 0 Å². The van der Waals surface area contributed by atoms with E-state index in [1.165, 1.54) is 22.0 Å². The molecule has 2 aromatic rings. The molecule has 86 valence electrons. The quantitative estimate of drug-likeness (QED) is 0.811. The average Bonchev–Trinajstić information content (AvgIpc) is 2.98. The average molecular weight is 227 g/mol. The summed E-state index contributed by atoms with van der Waals surface area (Å²) in [5.41, 5.74) is 2.57. The lowest BCUT2D eigenvalue weighted by atomic mass is 10.1. The maximum Gasteiger partial charge on any atom is 0.327 e. The van der Waals surface area contributed by atoms with Gasteiger partial charge in [-0.2, -0.15) is 0 Å². The minimum atomic E-state index is -0.121. The van der Waals surface area contributed by atoms with Gasteiger partial charge in [-0.15, -0.1) is 0 Å². The number of amides is 1. The van der Waals surface area contributed by atoms with Crippen molar-refractivity contribution in [2.45, 2.75) is 18.9 Å². The molecule has 1 N–H and O–H groups in total. The fourth-order valence-corrected chi connectivity index (χ4v) is 2.31. The number of aryl methyl sites for hydroxylation is 1. The van der Waals surface area contributed by atoms with Gasteiger partial charge in [0.2, 0.25) is 0 Å². The fraction of sp³-hybridized carbons (Fsp3) is 0.231. The molecule has 0 radical (unpaired) electrons. The topological polar surface area (TPSA) is 46.9 Å². The van der Waals surface area contributed by atoms with E-state index in [4.69, 9.17) is 0 Å². The second kappa shape index (κ2) is 4.05. The molecular formula is C13H13N3O. The summed E-state index contributed by atoms with van der Waals surface area (Å²) in [5.74, 6) is 0. The second-order valence-electron chi connectivity index (χ2n) is 4.21. The van der Waals surface area contributed by atoms with Crippen molar-refractivity contribution < 1.29 is 4.79 Å². The van der Waals surface area contributed by atoms with E-state index in [0.717, 1.165) is 12.8 Å². The van der Waals surface area contributed by atoms with Gasteiger partial charge < -0.3 is 5.32 Å². The normalized spacial score (nSPS) is 17.8. The standard InChI is InChI=1S/C13H13N3O/c17-13(16-8-7-14-9-16)15-12-6-5-10-3-1-2-4-11(10)12/h1-4,7-9,12H,5-6H2,(H,15,17)/t12-/m1/s1. The van der Waals surface area contributed by atoms with E-state index in [-0.39, 0.29) is 12.1 Å². The molecule has 1 heterocycles. The summed E-state index contributed by atoms with van der Waals surface area (Å²) in [7, 11) is 0. The number of rotatable bonds is 1. The molecule has 0 aliphatic heterocycles. The van der Waals surface area contributed by atoms with Crippen molar-refractivity contribution in [3.05, 3.63) is 54.1 Å². The predicted octanol–water partition coefficient (Wildman–Crippen LogP) is 2.13. The highest BCUT2D eigenvalue weighted by atomic mass is 16.2. The first-order valence-electron chi connectivity index (χ1n) is 5.71. The maximum atomic E-state index is 11.9. The van der Waals surface area contributed by atoms with Crippen molar-refractivity contribution in [2.75, 3.05) is 0 Å². The van der Waals surface area contributed by atoms with E-state index in [9.17, 15) is 4.79 Å². The highest BCUT2D eigenvalue weighted by Gasteiger charge is 2.23. The largest absolute Gasteiger partial charge is 0.331 e. The van der Waals surface area contributed by atoms with Gasteiger partial charge in [0.1, 0.15) is 6.33 Å². The lowest BCUT2D eigenvalue weighted by Gasteiger charge is -2.13. The monoisotopic (exact) mass is 227 g/mol. The number of carbonyl (C=O) groups excluding carboxylic acids is 1. The third-order valence-electron chi connectivity index (χ3n) is 3.17. The van der Waals surface area contributed by atoms with Crippen LogP contribution in [-0.2, 0) is 6.42 Å². The summed E-state index contributed by atoms with van der Waals surface area (Å²) in [6.45, 7) is 0. The molecule has 3 rings (SSSR count). The molecule has 0 fully saturated rings. The Morgan fingerprint density at radius 1 is 1.41 bits per heavy atom. The van der Waals surface area contributed by atoms with Crippen molar-refractivity contribution in [1.82, 2.24) is 14.9 Å². The number of nitrogens with zero attached hydrogens (tertiary/aromatic N) is 2. The molecule has 1 aromatic carbocycles. The molecule has 0 saturated heterocycles. The number of hydrogen-bond donors (Lipinski definition) is 1. The van der Waals surface area contributed by atoms with E-state index in [1.54, 1.807) is 12.4 Å². The van der Waals surface area contributed by atoms with Crippen LogP contribution in [-0.4, -0.2) is 15.6 Å². The van der Waals surface area contributed by atoms with E-state index in [1.807, 2.05) is 12.1 Å². The van der Waals surface area contributed by atoms with Gasteiger partial charge in [0, 0.05) is 12.4 Å². The Morgan fingerprint density at radius 3 is 3.12 bits per heavy atom. The van der Waals surface area contributed by atoms with Gasteiger partial charge in [-0.1, -0.05) is 24.3 Å². The van der Waals surface area contributed by atoms with Gasteiger partial charge in [-0.25, -0.2) is 9.78 Å². The highest BCUT2D eigenvalue weighted by molar-refractivity contribution is 5.77. The van der Waals surface area contributed by atoms with Crippen LogP contribution in [0.2, 0.25) is 0 Å². The molecule has 1 amide bonds. The van der Waals surface area contributed by atoms with Crippen LogP contribution in [0.25, 0.3) is 0 Å². The molecule has 1 atom stereocenters. The van der Waals surface area contributed by atoms with Crippen molar-refractivity contribution in [3.8, 4) is 0 Å². The number of carbonyl (C=O) groups is 1. The Labute approximate surface area is 99.3 Å². The Bertz CT molecular complexity index is 533. The SMILES string of the molecule is O=C(N[C@@H]1CCc2ccccc21)n1ccnc1. The van der Waals surface area contributed by atoms with E-state index >= 15 is 0 Å². The molecule has 0 saturated carbocycles. The van der Waals surface area contributed by atoms with Gasteiger partial charge in [0.25, 0.3) is 0 Å². The van der Waals surface area contributed by atoms with Crippen LogP contribution in [0.3, 0.4) is 0 Å². The number of nitrogens with one attached hydrogen (secondary N) is 1. The highest BCUT2D eigenvalue weighted by Crippen LogP contribution is 2.30. The van der Waals surface area contributed by atoms with Crippen LogP contribution in [0, 0.1) is 0 Å². The third kappa shape index (κ3) is 1.82. The third-order valence-corrected chi connectivity index (χ3v) is 3.17. The molecule has 0 unspecified atom stereocenters. The number of imidazole rings is 1. The first kappa shape index (κ1) is 10.1. The Balaban J connectivity index is 1.78. The van der Waals surface area contributed by atoms with E-state index < -0.39 is 0 Å². The Hall–Kier alpha value is -2.10. The summed E-state index contributed by atoms with van der Waals surface area (Å²) in [4.78, 5) is 15.7.